The van der Waals surface area contributed by atoms with E-state index in [1.807, 2.05) is 48.5 Å². The first kappa shape index (κ1) is 39.0. The summed E-state index contributed by atoms with van der Waals surface area (Å²) in [6.07, 6.45) is 0. The normalized spacial score (nSPS) is 11.0. The molecule has 14 heteroatoms. The molecule has 0 atom stereocenters. The Labute approximate surface area is 324 Å². The Morgan fingerprint density at radius 3 is 1.56 bits per heavy atom. The molecule has 6 rings (SSSR count). The van der Waals surface area contributed by atoms with Crippen LogP contribution >= 0.6 is 0 Å². The molecule has 0 bridgehead atoms. The molecule has 0 aliphatic rings. The Kier molecular flexibility index (Phi) is 11.5. The lowest BCUT2D eigenvalue weighted by atomic mass is 9.78. The second kappa shape index (κ2) is 16.8. The third kappa shape index (κ3) is 9.51. The number of carboxylic acids is 2. The van der Waals surface area contributed by atoms with Gasteiger partial charge >= 0.3 is 17.9 Å². The number of rotatable bonds is 15. The van der Waals surface area contributed by atoms with Gasteiger partial charge in [0.1, 0.15) is 41.1 Å². The topological polar surface area (TPSA) is 201 Å². The molecule has 0 aliphatic heterocycles. The molecule has 57 heavy (non-hydrogen) atoms. The SMILES string of the molecule is CC(C)(c1ccc(Oc2ccc(OOCc3ccc(O)cc3C(=O)O)cc2)cc1)c1ccc(Oc2ccc(OC(=O)c3ccc([N+](=O)[O-])cc3C(=O)O)cc2)cc1. The second-order valence-corrected chi connectivity index (χ2v) is 13.0. The Hall–Kier alpha value is -7.71. The summed E-state index contributed by atoms with van der Waals surface area (Å²) in [6, 6.07) is 35.0. The van der Waals surface area contributed by atoms with Crippen molar-refractivity contribution in [2.45, 2.75) is 25.9 Å². The predicted molar refractivity (Wildman–Crippen MR) is 204 cm³/mol. The summed E-state index contributed by atoms with van der Waals surface area (Å²) in [4.78, 5) is 56.5. The zero-order chi connectivity index (χ0) is 40.7. The van der Waals surface area contributed by atoms with E-state index in [2.05, 4.69) is 13.8 Å². The van der Waals surface area contributed by atoms with Gasteiger partial charge in [-0.3, -0.25) is 10.1 Å². The largest absolute Gasteiger partial charge is 0.508 e. The lowest BCUT2D eigenvalue weighted by Crippen LogP contribution is -2.18. The minimum atomic E-state index is -1.50. The first-order valence-electron chi connectivity index (χ1n) is 17.1. The maximum atomic E-state index is 12.7. The first-order valence-corrected chi connectivity index (χ1v) is 17.1. The van der Waals surface area contributed by atoms with E-state index in [9.17, 15) is 39.8 Å². The van der Waals surface area contributed by atoms with E-state index >= 15 is 0 Å². The molecule has 0 amide bonds. The van der Waals surface area contributed by atoms with Gasteiger partial charge in [0.25, 0.3) is 5.69 Å². The molecule has 6 aromatic rings. The number of nitro benzene ring substituents is 1. The van der Waals surface area contributed by atoms with Gasteiger partial charge in [0.05, 0.1) is 21.6 Å². The number of carbonyl (C=O) groups excluding carboxylic acids is 1. The number of ether oxygens (including phenoxy) is 3. The monoisotopic (exact) mass is 771 g/mol. The van der Waals surface area contributed by atoms with Crippen molar-refractivity contribution in [2.75, 3.05) is 0 Å². The summed E-state index contributed by atoms with van der Waals surface area (Å²) in [7, 11) is 0. The first-order chi connectivity index (χ1) is 27.3. The van der Waals surface area contributed by atoms with Crippen LogP contribution in [0.5, 0.6) is 40.2 Å². The van der Waals surface area contributed by atoms with E-state index in [0.29, 0.717) is 34.3 Å². The number of nitrogens with zero attached hydrogens (tertiary/aromatic N) is 1. The van der Waals surface area contributed by atoms with Crippen LogP contribution in [0, 0.1) is 10.1 Å². The van der Waals surface area contributed by atoms with Crippen LogP contribution in [0.4, 0.5) is 5.69 Å². The third-order valence-electron chi connectivity index (χ3n) is 8.84. The van der Waals surface area contributed by atoms with E-state index in [1.54, 1.807) is 36.4 Å². The van der Waals surface area contributed by atoms with Gasteiger partial charge in [-0.05, 0) is 108 Å². The van der Waals surface area contributed by atoms with Crippen LogP contribution < -0.4 is 19.1 Å². The number of benzene rings is 6. The molecule has 0 saturated heterocycles. The summed E-state index contributed by atoms with van der Waals surface area (Å²) in [5.41, 5.74) is 0.612. The zero-order valence-electron chi connectivity index (χ0n) is 30.3. The van der Waals surface area contributed by atoms with E-state index in [0.717, 1.165) is 35.4 Å². The van der Waals surface area contributed by atoms with Crippen LogP contribution in [0.3, 0.4) is 0 Å². The lowest BCUT2D eigenvalue weighted by Gasteiger charge is -2.26. The molecule has 6 aromatic carbocycles. The van der Waals surface area contributed by atoms with Crippen molar-refractivity contribution in [3.05, 3.63) is 177 Å². The molecule has 0 aromatic heterocycles. The second-order valence-electron chi connectivity index (χ2n) is 13.0. The van der Waals surface area contributed by atoms with Gasteiger partial charge in [0, 0.05) is 17.5 Å². The van der Waals surface area contributed by atoms with E-state index < -0.39 is 34.1 Å². The number of carboxylic acid groups (broad SMARTS) is 2. The molecule has 0 fully saturated rings. The highest BCUT2D eigenvalue weighted by Crippen LogP contribution is 2.35. The van der Waals surface area contributed by atoms with Gasteiger partial charge in [-0.2, -0.15) is 4.89 Å². The van der Waals surface area contributed by atoms with Gasteiger partial charge in [-0.15, -0.1) is 0 Å². The van der Waals surface area contributed by atoms with Gasteiger partial charge < -0.3 is 34.4 Å². The Balaban J connectivity index is 1.01. The summed E-state index contributed by atoms with van der Waals surface area (Å²) >= 11 is 0. The molecule has 288 valence electrons. The molecule has 0 spiro atoms. The lowest BCUT2D eigenvalue weighted by molar-refractivity contribution is -0.384. The summed E-state index contributed by atoms with van der Waals surface area (Å²) in [5.74, 6) is -1.14. The minimum absolute atomic E-state index is 0.0851. The highest BCUT2D eigenvalue weighted by Gasteiger charge is 2.24. The van der Waals surface area contributed by atoms with Crippen LogP contribution in [0.25, 0.3) is 0 Å². The number of esters is 1. The van der Waals surface area contributed by atoms with Gasteiger partial charge in [-0.1, -0.05) is 44.2 Å². The molecule has 0 aliphatic carbocycles. The fourth-order valence-corrected chi connectivity index (χ4v) is 5.67. The smallest absolute Gasteiger partial charge is 0.344 e. The number of nitro groups is 1. The van der Waals surface area contributed by atoms with Gasteiger partial charge in [-0.25, -0.2) is 14.4 Å². The van der Waals surface area contributed by atoms with Crippen molar-refractivity contribution in [1.82, 2.24) is 0 Å². The number of hydrogen-bond acceptors (Lipinski definition) is 11. The van der Waals surface area contributed by atoms with Crippen LogP contribution in [0.1, 0.15) is 61.6 Å². The van der Waals surface area contributed by atoms with Crippen molar-refractivity contribution in [1.29, 1.82) is 0 Å². The van der Waals surface area contributed by atoms with Crippen molar-refractivity contribution >= 4 is 23.6 Å². The zero-order valence-corrected chi connectivity index (χ0v) is 30.3. The fraction of sp³-hybridized carbons (Fsp3) is 0.0930. The predicted octanol–water partition coefficient (Wildman–Crippen LogP) is 9.34. The molecule has 0 radical (unpaired) electrons. The third-order valence-corrected chi connectivity index (χ3v) is 8.84. The average molecular weight is 772 g/mol. The Morgan fingerprint density at radius 1 is 0.596 bits per heavy atom. The van der Waals surface area contributed by atoms with Gasteiger partial charge in [0.2, 0.25) is 0 Å². The molecule has 0 unspecified atom stereocenters. The number of carbonyl (C=O) groups is 3. The van der Waals surface area contributed by atoms with Crippen LogP contribution in [-0.2, 0) is 16.9 Å². The maximum Gasteiger partial charge on any atom is 0.344 e. The number of phenolic OH excluding ortho intramolecular Hbond substituents is 1. The molecule has 0 saturated carbocycles. The number of aromatic carboxylic acids is 2. The quantitative estimate of drug-likeness (QED) is 0.0293. The number of aromatic hydroxyl groups is 1. The standard InChI is InChI=1S/C43H33NO13/c1-43(2,28-6-12-32(13-7-28)55-34-18-20-36(21-19-34)57-53-25-26-3-9-30(45)24-38(26)40(46)47)27-4-10-31(11-5-27)54-33-14-16-35(17-15-33)56-42(50)37-22-8-29(44(51)52)23-39(37)41(48)49/h3-24,45H,25H2,1-2H3,(H,46,47)(H,48,49). The minimum Gasteiger partial charge on any atom is -0.508 e. The average Bonchev–Trinajstić information content (AvgIpc) is 3.20. The molecular formula is C43H33NO13. The Bertz CT molecular complexity index is 2430. The molecule has 3 N–H and O–H groups in total. The van der Waals surface area contributed by atoms with Gasteiger partial charge in [0.15, 0.2) is 5.75 Å². The highest BCUT2D eigenvalue weighted by atomic mass is 17.2. The van der Waals surface area contributed by atoms with Crippen LogP contribution in [0.15, 0.2) is 133 Å². The molecule has 0 heterocycles. The summed E-state index contributed by atoms with van der Waals surface area (Å²) < 4.78 is 17.3. The molecule has 14 nitrogen and oxygen atoms in total. The highest BCUT2D eigenvalue weighted by molar-refractivity contribution is 6.03. The molecular weight excluding hydrogens is 738 g/mol. The van der Waals surface area contributed by atoms with Crippen molar-refractivity contribution in [3.8, 4) is 40.2 Å². The Morgan fingerprint density at radius 2 is 1.07 bits per heavy atom. The van der Waals surface area contributed by atoms with Crippen LogP contribution in [0.2, 0.25) is 0 Å². The summed E-state index contributed by atoms with van der Waals surface area (Å²) in [5, 5.41) is 39.3. The maximum absolute atomic E-state index is 12.7. The fourth-order valence-electron chi connectivity index (χ4n) is 5.67. The van der Waals surface area contributed by atoms with Crippen LogP contribution in [-0.4, -0.2) is 38.2 Å². The van der Waals surface area contributed by atoms with E-state index in [4.69, 9.17) is 24.0 Å². The van der Waals surface area contributed by atoms with E-state index in [-0.39, 0.29) is 34.6 Å². The number of non-ortho nitro benzene ring substituents is 1. The van der Waals surface area contributed by atoms with E-state index in [1.165, 1.54) is 24.3 Å². The van der Waals surface area contributed by atoms with Crippen molar-refractivity contribution < 1.29 is 58.6 Å². The number of phenols is 1. The summed E-state index contributed by atoms with van der Waals surface area (Å²) in [6.45, 7) is 4.05. The van der Waals surface area contributed by atoms with Crippen molar-refractivity contribution in [2.24, 2.45) is 0 Å². The number of hydrogen-bond donors (Lipinski definition) is 3. The van der Waals surface area contributed by atoms with Crippen molar-refractivity contribution in [3.63, 3.8) is 0 Å².